The predicted molar refractivity (Wildman–Crippen MR) is 84.5 cm³/mol. The number of rotatable bonds is 4. The van der Waals surface area contributed by atoms with Crippen LogP contribution in [0, 0.1) is 5.82 Å². The summed E-state index contributed by atoms with van der Waals surface area (Å²) in [6.45, 7) is 0.387. The Morgan fingerprint density at radius 2 is 1.90 bits per heavy atom. The molecule has 1 atom stereocenters. The molecule has 0 heterocycles. The van der Waals surface area contributed by atoms with Gasteiger partial charge in [-0.2, -0.15) is 0 Å². The average molecular weight is 401 g/mol. The second-order valence-electron chi connectivity index (χ2n) is 4.21. The van der Waals surface area contributed by atoms with E-state index < -0.39 is 11.7 Å². The molecule has 2 rings (SSSR count). The van der Waals surface area contributed by atoms with Crippen molar-refractivity contribution < 1.29 is 9.18 Å². The van der Waals surface area contributed by atoms with Crippen LogP contribution in [0.1, 0.15) is 20.7 Å². The zero-order valence-electron chi connectivity index (χ0n) is 10.4. The first kappa shape index (κ1) is 15.2. The molecule has 0 aliphatic heterocycles. The van der Waals surface area contributed by atoms with E-state index in [-0.39, 0.29) is 10.4 Å². The number of hydrogen-bond acceptors (Lipinski definition) is 1. The SMILES string of the molecule is O=C(NCC(Br)c1ccccc1)c1ccc(Br)cc1F. The van der Waals surface area contributed by atoms with Crippen molar-refractivity contribution in [1.29, 1.82) is 0 Å². The zero-order chi connectivity index (χ0) is 14.5. The summed E-state index contributed by atoms with van der Waals surface area (Å²) in [7, 11) is 0. The summed E-state index contributed by atoms with van der Waals surface area (Å²) < 4.78 is 14.3. The van der Waals surface area contributed by atoms with Gasteiger partial charge in [-0.1, -0.05) is 62.2 Å². The second kappa shape index (κ2) is 6.99. The molecule has 2 aromatic rings. The molecule has 0 bridgehead atoms. The van der Waals surface area contributed by atoms with Crippen LogP contribution in [-0.2, 0) is 0 Å². The molecule has 0 spiro atoms. The lowest BCUT2D eigenvalue weighted by atomic mass is 10.1. The first-order valence-electron chi connectivity index (χ1n) is 6.00. The standard InChI is InChI=1S/C15H12Br2FNO/c16-11-6-7-12(14(18)8-11)15(20)19-9-13(17)10-4-2-1-3-5-10/h1-8,13H,9H2,(H,19,20). The van der Waals surface area contributed by atoms with Crippen molar-refractivity contribution in [3.05, 3.63) is 69.9 Å². The summed E-state index contributed by atoms with van der Waals surface area (Å²) in [5, 5.41) is 2.72. The highest BCUT2D eigenvalue weighted by Gasteiger charge is 2.14. The van der Waals surface area contributed by atoms with Crippen LogP contribution in [-0.4, -0.2) is 12.5 Å². The lowest BCUT2D eigenvalue weighted by molar-refractivity contribution is 0.0950. The normalized spacial score (nSPS) is 11.9. The maximum absolute atomic E-state index is 13.6. The van der Waals surface area contributed by atoms with E-state index in [9.17, 15) is 9.18 Å². The number of benzene rings is 2. The minimum atomic E-state index is -0.539. The van der Waals surface area contributed by atoms with Crippen molar-refractivity contribution in [3.8, 4) is 0 Å². The topological polar surface area (TPSA) is 29.1 Å². The Bertz CT molecular complexity index is 604. The highest BCUT2D eigenvalue weighted by molar-refractivity contribution is 9.10. The van der Waals surface area contributed by atoms with Crippen molar-refractivity contribution in [1.82, 2.24) is 5.32 Å². The van der Waals surface area contributed by atoms with Crippen molar-refractivity contribution in [2.45, 2.75) is 4.83 Å². The number of alkyl halides is 1. The molecule has 0 aromatic heterocycles. The van der Waals surface area contributed by atoms with Crippen molar-refractivity contribution in [2.24, 2.45) is 0 Å². The molecule has 0 aliphatic rings. The summed E-state index contributed by atoms with van der Waals surface area (Å²) in [4.78, 5) is 11.9. The summed E-state index contributed by atoms with van der Waals surface area (Å²) in [6.07, 6.45) is 0. The molecule has 104 valence electrons. The first-order chi connectivity index (χ1) is 9.58. The molecule has 0 fully saturated rings. The Labute approximate surface area is 133 Å². The summed E-state index contributed by atoms with van der Waals surface area (Å²) in [5.41, 5.74) is 1.10. The molecule has 0 saturated heterocycles. The van der Waals surface area contributed by atoms with Crippen LogP contribution in [0.3, 0.4) is 0 Å². The van der Waals surface area contributed by atoms with Crippen LogP contribution in [0.15, 0.2) is 53.0 Å². The average Bonchev–Trinajstić information content (AvgIpc) is 2.45. The minimum absolute atomic E-state index is 0.00819. The fraction of sp³-hybridized carbons (Fsp3) is 0.133. The van der Waals surface area contributed by atoms with Crippen LogP contribution >= 0.6 is 31.9 Å². The highest BCUT2D eigenvalue weighted by Crippen LogP contribution is 2.21. The first-order valence-corrected chi connectivity index (χ1v) is 7.71. The molecule has 1 amide bonds. The maximum atomic E-state index is 13.6. The van der Waals surface area contributed by atoms with Gasteiger partial charge in [0, 0.05) is 11.0 Å². The van der Waals surface area contributed by atoms with Crippen LogP contribution < -0.4 is 5.32 Å². The Morgan fingerprint density at radius 1 is 1.20 bits per heavy atom. The number of carbonyl (C=O) groups is 1. The van der Waals surface area contributed by atoms with E-state index in [1.165, 1.54) is 12.1 Å². The fourth-order valence-electron chi connectivity index (χ4n) is 1.73. The van der Waals surface area contributed by atoms with Crippen molar-refractivity contribution in [3.63, 3.8) is 0 Å². The van der Waals surface area contributed by atoms with Crippen molar-refractivity contribution in [2.75, 3.05) is 6.54 Å². The molecule has 2 nitrogen and oxygen atoms in total. The van der Waals surface area contributed by atoms with Gasteiger partial charge in [-0.3, -0.25) is 4.79 Å². The van der Waals surface area contributed by atoms with E-state index in [0.717, 1.165) is 5.56 Å². The van der Waals surface area contributed by atoms with E-state index in [2.05, 4.69) is 37.2 Å². The number of amides is 1. The smallest absolute Gasteiger partial charge is 0.254 e. The van der Waals surface area contributed by atoms with E-state index in [1.807, 2.05) is 30.3 Å². The molecule has 0 radical (unpaired) electrons. The molecule has 1 N–H and O–H groups in total. The van der Waals surface area contributed by atoms with Gasteiger partial charge in [0.1, 0.15) is 5.82 Å². The van der Waals surface area contributed by atoms with E-state index in [4.69, 9.17) is 0 Å². The highest BCUT2D eigenvalue weighted by atomic mass is 79.9. The van der Waals surface area contributed by atoms with Crippen LogP contribution in [0.2, 0.25) is 0 Å². The van der Waals surface area contributed by atoms with Crippen LogP contribution in [0.4, 0.5) is 4.39 Å². The maximum Gasteiger partial charge on any atom is 0.254 e. The number of halogens is 3. The molecule has 0 saturated carbocycles. The Morgan fingerprint density at radius 3 is 2.55 bits per heavy atom. The predicted octanol–water partition coefficient (Wildman–Crippen LogP) is 4.45. The van der Waals surface area contributed by atoms with Crippen LogP contribution in [0.25, 0.3) is 0 Å². The summed E-state index contributed by atoms with van der Waals surface area (Å²) >= 11 is 6.66. The molecule has 0 aliphatic carbocycles. The number of carbonyl (C=O) groups excluding carboxylic acids is 1. The molecule has 1 unspecified atom stereocenters. The van der Waals surface area contributed by atoms with Gasteiger partial charge in [0.25, 0.3) is 5.91 Å². The third kappa shape index (κ3) is 3.90. The summed E-state index contributed by atoms with van der Waals surface area (Å²) in [6, 6.07) is 14.1. The minimum Gasteiger partial charge on any atom is -0.350 e. The van der Waals surface area contributed by atoms with E-state index in [0.29, 0.717) is 11.0 Å². The Balaban J connectivity index is 1.99. The lowest BCUT2D eigenvalue weighted by Gasteiger charge is -2.12. The zero-order valence-corrected chi connectivity index (χ0v) is 13.6. The Hall–Kier alpha value is -1.20. The molecule has 5 heteroatoms. The van der Waals surface area contributed by atoms with Gasteiger partial charge in [-0.25, -0.2) is 4.39 Å². The number of nitrogens with one attached hydrogen (secondary N) is 1. The molecule has 20 heavy (non-hydrogen) atoms. The van der Waals surface area contributed by atoms with Gasteiger partial charge in [0.15, 0.2) is 0 Å². The second-order valence-corrected chi connectivity index (χ2v) is 6.23. The van der Waals surface area contributed by atoms with E-state index in [1.54, 1.807) is 6.07 Å². The largest absolute Gasteiger partial charge is 0.350 e. The third-order valence-electron chi connectivity index (χ3n) is 2.78. The van der Waals surface area contributed by atoms with E-state index >= 15 is 0 Å². The van der Waals surface area contributed by atoms with Gasteiger partial charge >= 0.3 is 0 Å². The van der Waals surface area contributed by atoms with Crippen molar-refractivity contribution >= 4 is 37.8 Å². The van der Waals surface area contributed by atoms with Gasteiger partial charge < -0.3 is 5.32 Å². The summed E-state index contributed by atoms with van der Waals surface area (Å²) in [5.74, 6) is -0.960. The third-order valence-corrected chi connectivity index (χ3v) is 4.12. The quantitative estimate of drug-likeness (QED) is 0.754. The number of hydrogen-bond donors (Lipinski definition) is 1. The van der Waals surface area contributed by atoms with Gasteiger partial charge in [-0.15, -0.1) is 0 Å². The molecular formula is C15H12Br2FNO. The lowest BCUT2D eigenvalue weighted by Crippen LogP contribution is -2.27. The molecule has 2 aromatic carbocycles. The Kier molecular flexibility index (Phi) is 5.31. The molecular weight excluding hydrogens is 389 g/mol. The van der Waals surface area contributed by atoms with Gasteiger partial charge in [0.05, 0.1) is 10.4 Å². The van der Waals surface area contributed by atoms with Crippen LogP contribution in [0.5, 0.6) is 0 Å². The van der Waals surface area contributed by atoms with Gasteiger partial charge in [-0.05, 0) is 23.8 Å². The monoisotopic (exact) mass is 399 g/mol. The van der Waals surface area contributed by atoms with Gasteiger partial charge in [0.2, 0.25) is 0 Å². The fourth-order valence-corrected chi connectivity index (χ4v) is 2.53.